The Morgan fingerprint density at radius 2 is 0.964 bits per heavy atom. The SMILES string of the molecule is c1ccc(-c2ccc(N(c3ccc4c(c3)c3ccccc3n4-c3nc4ccccc4c4nc5ccccc5n34)c3ccccc3-c3ccccc3)cc2)cc1. The number of hydrogen-bond donors (Lipinski definition) is 0. The number of hydrogen-bond acceptors (Lipinski definition) is 3. The zero-order chi connectivity index (χ0) is 36.3. The highest BCUT2D eigenvalue weighted by Gasteiger charge is 2.22. The molecule has 0 saturated heterocycles. The maximum absolute atomic E-state index is 5.38. The first-order chi connectivity index (χ1) is 27.3. The van der Waals surface area contributed by atoms with Crippen LogP contribution in [-0.4, -0.2) is 18.9 Å². The van der Waals surface area contributed by atoms with Crippen molar-refractivity contribution in [3.8, 4) is 28.2 Å². The fourth-order valence-corrected chi connectivity index (χ4v) is 8.18. The van der Waals surface area contributed by atoms with Gasteiger partial charge in [-0.15, -0.1) is 0 Å². The van der Waals surface area contributed by atoms with Crippen molar-refractivity contribution >= 4 is 66.5 Å². The summed E-state index contributed by atoms with van der Waals surface area (Å²) in [7, 11) is 0. The monoisotopic (exact) mass is 703 g/mol. The molecule has 11 rings (SSSR count). The summed E-state index contributed by atoms with van der Waals surface area (Å²) in [6, 6.07) is 70.9. The lowest BCUT2D eigenvalue weighted by atomic mass is 10.0. The third kappa shape index (κ3) is 5.02. The lowest BCUT2D eigenvalue weighted by molar-refractivity contribution is 0.979. The number of fused-ring (bicyclic) bond motifs is 8. The van der Waals surface area contributed by atoms with Crippen LogP contribution in [0.15, 0.2) is 200 Å². The summed E-state index contributed by atoms with van der Waals surface area (Å²) in [4.78, 5) is 12.9. The van der Waals surface area contributed by atoms with Gasteiger partial charge in [-0.05, 0) is 83.4 Å². The molecule has 258 valence electrons. The van der Waals surface area contributed by atoms with Crippen LogP contribution in [0.3, 0.4) is 0 Å². The Morgan fingerprint density at radius 3 is 1.76 bits per heavy atom. The summed E-state index contributed by atoms with van der Waals surface area (Å²) in [6.45, 7) is 0. The highest BCUT2D eigenvalue weighted by Crippen LogP contribution is 2.44. The fraction of sp³-hybridized carbons (Fsp3) is 0. The van der Waals surface area contributed by atoms with E-state index in [1.54, 1.807) is 0 Å². The van der Waals surface area contributed by atoms with Crippen LogP contribution in [0.5, 0.6) is 0 Å². The second-order valence-electron chi connectivity index (χ2n) is 13.9. The summed E-state index contributed by atoms with van der Waals surface area (Å²) in [5, 5.41) is 3.32. The van der Waals surface area contributed by atoms with Crippen LogP contribution in [0, 0.1) is 0 Å². The minimum absolute atomic E-state index is 0.809. The van der Waals surface area contributed by atoms with Gasteiger partial charge < -0.3 is 4.90 Å². The van der Waals surface area contributed by atoms with Gasteiger partial charge in [0, 0.05) is 33.1 Å². The van der Waals surface area contributed by atoms with Crippen LogP contribution in [0.2, 0.25) is 0 Å². The van der Waals surface area contributed by atoms with E-state index < -0.39 is 0 Å². The van der Waals surface area contributed by atoms with Crippen LogP contribution in [0.1, 0.15) is 0 Å². The minimum Gasteiger partial charge on any atom is -0.310 e. The second-order valence-corrected chi connectivity index (χ2v) is 13.9. The van der Waals surface area contributed by atoms with Crippen molar-refractivity contribution in [2.75, 3.05) is 4.90 Å². The van der Waals surface area contributed by atoms with Crippen molar-refractivity contribution < 1.29 is 0 Å². The number of anilines is 3. The number of imidazole rings is 1. The maximum Gasteiger partial charge on any atom is 0.221 e. The van der Waals surface area contributed by atoms with Crippen LogP contribution >= 0.6 is 0 Å². The number of para-hydroxylation sites is 5. The molecule has 5 nitrogen and oxygen atoms in total. The van der Waals surface area contributed by atoms with Gasteiger partial charge in [0.25, 0.3) is 0 Å². The largest absolute Gasteiger partial charge is 0.310 e. The van der Waals surface area contributed by atoms with Crippen molar-refractivity contribution in [3.05, 3.63) is 200 Å². The van der Waals surface area contributed by atoms with Crippen LogP contribution in [0.25, 0.3) is 77.6 Å². The first-order valence-electron chi connectivity index (χ1n) is 18.6. The molecule has 0 aliphatic carbocycles. The molecule has 0 aliphatic heterocycles. The molecule has 0 amide bonds. The molecule has 55 heavy (non-hydrogen) atoms. The predicted molar refractivity (Wildman–Crippen MR) is 228 cm³/mol. The molecule has 0 saturated carbocycles. The molecule has 0 fully saturated rings. The summed E-state index contributed by atoms with van der Waals surface area (Å²) < 4.78 is 4.52. The summed E-state index contributed by atoms with van der Waals surface area (Å²) >= 11 is 0. The Bertz CT molecular complexity index is 3200. The molecule has 0 atom stereocenters. The molecule has 0 unspecified atom stereocenters. The van der Waals surface area contributed by atoms with Gasteiger partial charge >= 0.3 is 0 Å². The van der Waals surface area contributed by atoms with Gasteiger partial charge in [-0.1, -0.05) is 133 Å². The van der Waals surface area contributed by atoms with E-state index in [-0.39, 0.29) is 0 Å². The molecule has 0 N–H and O–H groups in total. The smallest absolute Gasteiger partial charge is 0.221 e. The van der Waals surface area contributed by atoms with Gasteiger partial charge in [0.2, 0.25) is 5.95 Å². The summed E-state index contributed by atoms with van der Waals surface area (Å²) in [5.41, 5.74) is 13.9. The zero-order valence-electron chi connectivity index (χ0n) is 29.8. The van der Waals surface area contributed by atoms with Gasteiger partial charge in [0.1, 0.15) is 5.65 Å². The number of aromatic nitrogens is 4. The maximum atomic E-state index is 5.38. The van der Waals surface area contributed by atoms with E-state index in [1.165, 1.54) is 16.7 Å². The molecule has 11 aromatic rings. The Hall–Kier alpha value is -7.50. The molecule has 0 radical (unpaired) electrons. The van der Waals surface area contributed by atoms with E-state index in [4.69, 9.17) is 9.97 Å². The van der Waals surface area contributed by atoms with Gasteiger partial charge in [-0.3, -0.25) is 8.97 Å². The number of rotatable bonds is 6. The molecular weight excluding hydrogens is 671 g/mol. The normalized spacial score (nSPS) is 11.6. The average molecular weight is 704 g/mol. The Kier molecular flexibility index (Phi) is 7.10. The highest BCUT2D eigenvalue weighted by atomic mass is 15.2. The van der Waals surface area contributed by atoms with E-state index in [0.717, 1.165) is 78.0 Å². The highest BCUT2D eigenvalue weighted by molar-refractivity contribution is 6.11. The minimum atomic E-state index is 0.809. The standard InChI is InChI=1S/C50H33N5/c1-3-15-34(16-4-1)35-27-29-37(30-28-35)53(45-24-12-8-19-39(45)36-17-5-2-6-18-36)38-31-32-47-42(33-38)40-20-9-13-25-46(40)54(47)50-52-43-22-10-7-21-41(43)49-51-44-23-11-14-26-48(44)55(49)50/h1-33H. The first-order valence-corrected chi connectivity index (χ1v) is 18.6. The molecule has 0 aliphatic rings. The van der Waals surface area contributed by atoms with Crippen molar-refractivity contribution in [2.24, 2.45) is 0 Å². The van der Waals surface area contributed by atoms with E-state index in [1.807, 2.05) is 12.1 Å². The van der Waals surface area contributed by atoms with Gasteiger partial charge in [-0.25, -0.2) is 9.97 Å². The fourth-order valence-electron chi connectivity index (χ4n) is 8.18. The molecule has 0 spiro atoms. The number of benzene rings is 8. The predicted octanol–water partition coefficient (Wildman–Crippen LogP) is 12.9. The van der Waals surface area contributed by atoms with Gasteiger partial charge in [0.15, 0.2) is 0 Å². The molecule has 3 aromatic heterocycles. The van der Waals surface area contributed by atoms with E-state index in [0.29, 0.717) is 0 Å². The quantitative estimate of drug-likeness (QED) is 0.173. The molecule has 8 aromatic carbocycles. The first kappa shape index (κ1) is 31.1. The van der Waals surface area contributed by atoms with Crippen LogP contribution in [0.4, 0.5) is 17.1 Å². The summed E-state index contributed by atoms with van der Waals surface area (Å²) in [6.07, 6.45) is 0. The van der Waals surface area contributed by atoms with E-state index in [2.05, 4.69) is 202 Å². The van der Waals surface area contributed by atoms with Crippen molar-refractivity contribution in [1.82, 2.24) is 18.9 Å². The van der Waals surface area contributed by atoms with Crippen molar-refractivity contribution in [3.63, 3.8) is 0 Å². The van der Waals surface area contributed by atoms with Crippen LogP contribution < -0.4 is 4.90 Å². The molecule has 3 heterocycles. The third-order valence-corrected chi connectivity index (χ3v) is 10.7. The van der Waals surface area contributed by atoms with Crippen molar-refractivity contribution in [2.45, 2.75) is 0 Å². The van der Waals surface area contributed by atoms with Crippen LogP contribution in [-0.2, 0) is 0 Å². The number of nitrogens with zero attached hydrogens (tertiary/aromatic N) is 5. The van der Waals surface area contributed by atoms with E-state index in [9.17, 15) is 0 Å². The Balaban J connectivity index is 1.17. The zero-order valence-corrected chi connectivity index (χ0v) is 29.8. The Morgan fingerprint density at radius 1 is 0.382 bits per heavy atom. The second kappa shape index (κ2) is 12.6. The third-order valence-electron chi connectivity index (χ3n) is 10.7. The molecule has 0 bridgehead atoms. The lowest BCUT2D eigenvalue weighted by Crippen LogP contribution is -2.11. The average Bonchev–Trinajstić information content (AvgIpc) is 3.81. The molecular formula is C50H33N5. The topological polar surface area (TPSA) is 38.4 Å². The summed E-state index contributed by atoms with van der Waals surface area (Å²) in [5.74, 6) is 0.809. The molecule has 5 heteroatoms. The lowest BCUT2D eigenvalue weighted by Gasteiger charge is -2.28. The van der Waals surface area contributed by atoms with E-state index >= 15 is 0 Å². The van der Waals surface area contributed by atoms with Gasteiger partial charge in [-0.2, -0.15) is 0 Å². The van der Waals surface area contributed by atoms with Crippen molar-refractivity contribution in [1.29, 1.82) is 0 Å². The van der Waals surface area contributed by atoms with Gasteiger partial charge in [0.05, 0.1) is 33.3 Å². The Labute approximate surface area is 317 Å².